The summed E-state index contributed by atoms with van der Waals surface area (Å²) in [6.07, 6.45) is 2.09. The minimum absolute atomic E-state index is 0.199. The van der Waals surface area contributed by atoms with Crippen molar-refractivity contribution in [3.8, 4) is 0 Å². The molecule has 1 aliphatic heterocycles. The smallest absolute Gasteiger partial charge is 0.253 e. The first-order valence-corrected chi connectivity index (χ1v) is 10.3. The van der Waals surface area contributed by atoms with Crippen LogP contribution in [-0.2, 0) is 19.6 Å². The third-order valence-electron chi connectivity index (χ3n) is 4.32. The number of nitrogens with one attached hydrogen (secondary N) is 2. The van der Waals surface area contributed by atoms with Crippen molar-refractivity contribution in [3.63, 3.8) is 0 Å². The predicted molar refractivity (Wildman–Crippen MR) is 98.4 cm³/mol. The van der Waals surface area contributed by atoms with E-state index in [0.717, 1.165) is 0 Å². The highest BCUT2D eigenvalue weighted by Gasteiger charge is 2.29. The molecule has 1 fully saturated rings. The second-order valence-corrected chi connectivity index (χ2v) is 8.20. The second-order valence-electron chi connectivity index (χ2n) is 6.22. The topological polar surface area (TPSA) is 105 Å². The fourth-order valence-electron chi connectivity index (χ4n) is 2.84. The van der Waals surface area contributed by atoms with E-state index in [-0.39, 0.29) is 17.7 Å². The van der Waals surface area contributed by atoms with Crippen LogP contribution in [-0.4, -0.2) is 64.1 Å². The van der Waals surface area contributed by atoms with Crippen molar-refractivity contribution in [1.29, 1.82) is 0 Å². The van der Waals surface area contributed by atoms with Gasteiger partial charge in [-0.05, 0) is 25.0 Å². The molecule has 0 saturated carbocycles. The van der Waals surface area contributed by atoms with Gasteiger partial charge >= 0.3 is 0 Å². The van der Waals surface area contributed by atoms with E-state index in [1.165, 1.54) is 10.6 Å². The standard InChI is InChI=1S/C17H25N3O5S/c1-25-12-9-18-17(22)14-5-3-4-6-15(14)19-16(21)13-7-10-20(11-8-13)26(2,23)24/h3-6,13H,7-12H2,1-2H3,(H,18,22)(H,19,21). The van der Waals surface area contributed by atoms with Crippen LogP contribution in [0.25, 0.3) is 0 Å². The Balaban J connectivity index is 1.98. The fourth-order valence-corrected chi connectivity index (χ4v) is 3.71. The van der Waals surface area contributed by atoms with Gasteiger partial charge in [-0.1, -0.05) is 12.1 Å². The maximum absolute atomic E-state index is 12.5. The van der Waals surface area contributed by atoms with E-state index in [1.807, 2.05) is 0 Å². The second kappa shape index (κ2) is 9.11. The molecule has 0 bridgehead atoms. The molecule has 26 heavy (non-hydrogen) atoms. The van der Waals surface area contributed by atoms with E-state index in [9.17, 15) is 18.0 Å². The third-order valence-corrected chi connectivity index (χ3v) is 5.62. The van der Waals surface area contributed by atoms with Crippen molar-refractivity contribution >= 4 is 27.5 Å². The van der Waals surface area contributed by atoms with E-state index in [0.29, 0.717) is 50.3 Å². The van der Waals surface area contributed by atoms with E-state index >= 15 is 0 Å². The first kappa shape index (κ1) is 20.3. The minimum atomic E-state index is -3.22. The highest BCUT2D eigenvalue weighted by Crippen LogP contribution is 2.22. The van der Waals surface area contributed by atoms with Gasteiger partial charge in [-0.15, -0.1) is 0 Å². The molecule has 1 heterocycles. The summed E-state index contributed by atoms with van der Waals surface area (Å²) in [7, 11) is -1.67. The molecule has 1 saturated heterocycles. The Morgan fingerprint density at radius 2 is 1.88 bits per heavy atom. The van der Waals surface area contributed by atoms with Crippen molar-refractivity contribution in [1.82, 2.24) is 9.62 Å². The summed E-state index contributed by atoms with van der Waals surface area (Å²) in [5, 5.41) is 5.53. The first-order chi connectivity index (χ1) is 12.3. The maximum atomic E-state index is 12.5. The number of hydrogen-bond donors (Lipinski definition) is 2. The Bertz CT molecular complexity index is 743. The van der Waals surface area contributed by atoms with Crippen molar-refractivity contribution in [3.05, 3.63) is 29.8 Å². The number of anilines is 1. The molecule has 0 aliphatic carbocycles. The quantitative estimate of drug-likeness (QED) is 0.674. The normalized spacial score (nSPS) is 16.2. The monoisotopic (exact) mass is 383 g/mol. The molecule has 1 aliphatic rings. The average molecular weight is 383 g/mol. The molecular formula is C17H25N3O5S. The van der Waals surface area contributed by atoms with Crippen molar-refractivity contribution in [2.24, 2.45) is 5.92 Å². The molecule has 2 rings (SSSR count). The Kier molecular flexibility index (Phi) is 7.13. The molecule has 144 valence electrons. The summed E-state index contributed by atoms with van der Waals surface area (Å²) in [5.41, 5.74) is 0.823. The Hall–Kier alpha value is -1.97. The van der Waals surface area contributed by atoms with Gasteiger partial charge in [0.05, 0.1) is 24.1 Å². The van der Waals surface area contributed by atoms with Crippen molar-refractivity contribution in [2.45, 2.75) is 12.8 Å². The summed E-state index contributed by atoms with van der Waals surface area (Å²) < 4.78 is 29.4. The van der Waals surface area contributed by atoms with Gasteiger partial charge < -0.3 is 15.4 Å². The zero-order valence-corrected chi connectivity index (χ0v) is 15.8. The largest absolute Gasteiger partial charge is 0.383 e. The highest BCUT2D eigenvalue weighted by molar-refractivity contribution is 7.88. The van der Waals surface area contributed by atoms with Gasteiger partial charge in [-0.2, -0.15) is 0 Å². The summed E-state index contributed by atoms with van der Waals surface area (Å²) in [5.74, 6) is -0.766. The lowest BCUT2D eigenvalue weighted by molar-refractivity contribution is -0.120. The molecule has 2 N–H and O–H groups in total. The summed E-state index contributed by atoms with van der Waals surface area (Å²) in [6, 6.07) is 6.79. The molecule has 2 amide bonds. The average Bonchev–Trinajstić information content (AvgIpc) is 2.61. The first-order valence-electron chi connectivity index (χ1n) is 8.45. The Labute approximate surface area is 153 Å². The van der Waals surface area contributed by atoms with Crippen LogP contribution in [0.15, 0.2) is 24.3 Å². The minimum Gasteiger partial charge on any atom is -0.383 e. The number of carbonyl (C=O) groups excluding carboxylic acids is 2. The number of sulfonamides is 1. The van der Waals surface area contributed by atoms with Gasteiger partial charge in [0.2, 0.25) is 15.9 Å². The van der Waals surface area contributed by atoms with Crippen LogP contribution in [0.3, 0.4) is 0 Å². The summed E-state index contributed by atoms with van der Waals surface area (Å²) >= 11 is 0. The number of ether oxygens (including phenoxy) is 1. The van der Waals surface area contributed by atoms with Gasteiger partial charge in [0, 0.05) is 32.7 Å². The van der Waals surface area contributed by atoms with Crippen molar-refractivity contribution in [2.75, 3.05) is 44.9 Å². The van der Waals surface area contributed by atoms with Gasteiger partial charge in [0.15, 0.2) is 0 Å². The number of amides is 2. The molecule has 1 aromatic rings. The Morgan fingerprint density at radius 3 is 2.50 bits per heavy atom. The van der Waals surface area contributed by atoms with Gasteiger partial charge in [-0.25, -0.2) is 12.7 Å². The van der Waals surface area contributed by atoms with Crippen LogP contribution in [0.1, 0.15) is 23.2 Å². The SMILES string of the molecule is COCCNC(=O)c1ccccc1NC(=O)C1CCN(S(C)(=O)=O)CC1. The maximum Gasteiger partial charge on any atom is 0.253 e. The molecule has 0 spiro atoms. The number of piperidine rings is 1. The molecule has 0 atom stereocenters. The van der Waals surface area contributed by atoms with E-state index in [2.05, 4.69) is 10.6 Å². The lowest BCUT2D eigenvalue weighted by atomic mass is 9.97. The molecule has 9 heteroatoms. The van der Waals surface area contributed by atoms with Crippen LogP contribution in [0.4, 0.5) is 5.69 Å². The number of carbonyl (C=O) groups is 2. The Morgan fingerprint density at radius 1 is 1.23 bits per heavy atom. The third kappa shape index (κ3) is 5.52. The lowest BCUT2D eigenvalue weighted by Gasteiger charge is -2.29. The van der Waals surface area contributed by atoms with Gasteiger partial charge in [-0.3, -0.25) is 9.59 Å². The molecular weight excluding hydrogens is 358 g/mol. The number of methoxy groups -OCH3 is 1. The van der Waals surface area contributed by atoms with E-state index in [4.69, 9.17) is 4.74 Å². The van der Waals surface area contributed by atoms with Crippen LogP contribution in [0, 0.1) is 5.92 Å². The molecule has 0 radical (unpaired) electrons. The van der Waals surface area contributed by atoms with Crippen LogP contribution in [0.5, 0.6) is 0 Å². The number of nitrogens with zero attached hydrogens (tertiary/aromatic N) is 1. The molecule has 0 unspecified atom stereocenters. The summed E-state index contributed by atoms with van der Waals surface area (Å²) in [6.45, 7) is 1.44. The molecule has 8 nitrogen and oxygen atoms in total. The number of rotatable bonds is 7. The molecule has 1 aromatic carbocycles. The fraction of sp³-hybridized carbons (Fsp3) is 0.529. The van der Waals surface area contributed by atoms with Crippen LogP contribution in [0.2, 0.25) is 0 Å². The number of hydrogen-bond acceptors (Lipinski definition) is 5. The van der Waals surface area contributed by atoms with Crippen LogP contribution >= 0.6 is 0 Å². The zero-order chi connectivity index (χ0) is 19.2. The highest BCUT2D eigenvalue weighted by atomic mass is 32.2. The predicted octanol–water partition coefficient (Wildman–Crippen LogP) is 0.673. The number of benzene rings is 1. The van der Waals surface area contributed by atoms with E-state index in [1.54, 1.807) is 31.4 Å². The van der Waals surface area contributed by atoms with E-state index < -0.39 is 10.0 Å². The number of para-hydroxylation sites is 1. The zero-order valence-electron chi connectivity index (χ0n) is 15.0. The summed E-state index contributed by atoms with van der Waals surface area (Å²) in [4.78, 5) is 24.8. The van der Waals surface area contributed by atoms with Gasteiger partial charge in [0.1, 0.15) is 0 Å². The van der Waals surface area contributed by atoms with Crippen LogP contribution < -0.4 is 10.6 Å². The molecule has 0 aromatic heterocycles. The van der Waals surface area contributed by atoms with Crippen molar-refractivity contribution < 1.29 is 22.7 Å². The van der Waals surface area contributed by atoms with Gasteiger partial charge in [0.25, 0.3) is 5.91 Å². The lowest BCUT2D eigenvalue weighted by Crippen LogP contribution is -2.41.